The first-order chi connectivity index (χ1) is 17.4. The number of allylic oxidation sites excluding steroid dienone is 1. The molecule has 2 aromatic carbocycles. The highest BCUT2D eigenvalue weighted by molar-refractivity contribution is 7.99. The van der Waals surface area contributed by atoms with E-state index in [1.165, 1.54) is 32.4 Å². The van der Waals surface area contributed by atoms with E-state index in [1.54, 1.807) is 6.08 Å². The van der Waals surface area contributed by atoms with Gasteiger partial charge in [-0.1, -0.05) is 30.0 Å². The molecule has 0 saturated heterocycles. The standard InChI is InChI=1S/C25H26N4O6S/c1-5-13-29-22(18-9-7-8-10-20(18)35-6-2)27-28-25(29)36-15-21(30)26-19-14-16(23(31)33-3)11-12-17(19)24(32)34-4/h5,7-12,14H,1,6,13,15H2,2-4H3,(H,26,30). The summed E-state index contributed by atoms with van der Waals surface area (Å²) in [6.45, 7) is 6.62. The van der Waals surface area contributed by atoms with Crippen molar-refractivity contribution in [2.24, 2.45) is 0 Å². The smallest absolute Gasteiger partial charge is 0.339 e. The maximum atomic E-state index is 12.8. The topological polar surface area (TPSA) is 122 Å². The van der Waals surface area contributed by atoms with E-state index in [0.29, 0.717) is 29.9 Å². The van der Waals surface area contributed by atoms with Gasteiger partial charge < -0.3 is 19.5 Å². The van der Waals surface area contributed by atoms with Crippen molar-refractivity contribution in [3.63, 3.8) is 0 Å². The largest absolute Gasteiger partial charge is 0.493 e. The summed E-state index contributed by atoms with van der Waals surface area (Å²) in [5.41, 5.74) is 1.19. The molecule has 1 aromatic heterocycles. The van der Waals surface area contributed by atoms with Crippen molar-refractivity contribution >= 4 is 35.3 Å². The molecule has 36 heavy (non-hydrogen) atoms. The summed E-state index contributed by atoms with van der Waals surface area (Å²) in [5.74, 6) is -0.456. The molecule has 0 aliphatic heterocycles. The number of nitrogens with one attached hydrogen (secondary N) is 1. The lowest BCUT2D eigenvalue weighted by atomic mass is 10.1. The van der Waals surface area contributed by atoms with Crippen LogP contribution in [0.15, 0.2) is 60.3 Å². The van der Waals surface area contributed by atoms with Crippen LogP contribution in [0.2, 0.25) is 0 Å². The van der Waals surface area contributed by atoms with Crippen molar-refractivity contribution in [1.29, 1.82) is 0 Å². The number of methoxy groups -OCH3 is 2. The zero-order valence-corrected chi connectivity index (χ0v) is 21.0. The van der Waals surface area contributed by atoms with E-state index in [1.807, 2.05) is 35.8 Å². The minimum Gasteiger partial charge on any atom is -0.493 e. The number of rotatable bonds is 11. The first-order valence-electron chi connectivity index (χ1n) is 10.9. The monoisotopic (exact) mass is 510 g/mol. The quantitative estimate of drug-likeness (QED) is 0.233. The Kier molecular flexibility index (Phi) is 9.23. The van der Waals surface area contributed by atoms with E-state index < -0.39 is 17.8 Å². The van der Waals surface area contributed by atoms with Gasteiger partial charge in [-0.05, 0) is 37.3 Å². The van der Waals surface area contributed by atoms with Crippen LogP contribution in [0.4, 0.5) is 5.69 Å². The fraction of sp³-hybridized carbons (Fsp3) is 0.240. The minimum absolute atomic E-state index is 0.0363. The van der Waals surface area contributed by atoms with E-state index in [4.69, 9.17) is 14.2 Å². The molecule has 0 unspecified atom stereocenters. The number of benzene rings is 2. The first-order valence-corrected chi connectivity index (χ1v) is 11.9. The number of esters is 2. The molecule has 0 fully saturated rings. The zero-order valence-electron chi connectivity index (χ0n) is 20.1. The lowest BCUT2D eigenvalue weighted by Gasteiger charge is -2.12. The van der Waals surface area contributed by atoms with Gasteiger partial charge in [0.05, 0.1) is 49.0 Å². The summed E-state index contributed by atoms with van der Waals surface area (Å²) in [4.78, 5) is 36.8. The van der Waals surface area contributed by atoms with Gasteiger partial charge in [-0.25, -0.2) is 9.59 Å². The average molecular weight is 511 g/mol. The van der Waals surface area contributed by atoms with E-state index in [0.717, 1.165) is 17.3 Å². The van der Waals surface area contributed by atoms with E-state index in [-0.39, 0.29) is 22.6 Å². The number of nitrogens with zero attached hydrogens (tertiary/aromatic N) is 3. The summed E-state index contributed by atoms with van der Waals surface area (Å²) in [6.07, 6.45) is 1.71. The number of amides is 1. The Labute approximate surface area is 212 Å². The first kappa shape index (κ1) is 26.5. The number of para-hydroxylation sites is 1. The fourth-order valence-electron chi connectivity index (χ4n) is 3.32. The molecule has 10 nitrogen and oxygen atoms in total. The number of hydrogen-bond acceptors (Lipinski definition) is 9. The Morgan fingerprint density at radius 3 is 2.53 bits per heavy atom. The van der Waals surface area contributed by atoms with Crippen LogP contribution in [-0.4, -0.2) is 59.2 Å². The second-order valence-electron chi connectivity index (χ2n) is 7.22. The summed E-state index contributed by atoms with van der Waals surface area (Å²) >= 11 is 1.16. The van der Waals surface area contributed by atoms with Crippen molar-refractivity contribution in [1.82, 2.24) is 14.8 Å². The van der Waals surface area contributed by atoms with Gasteiger partial charge in [-0.3, -0.25) is 9.36 Å². The Morgan fingerprint density at radius 2 is 1.83 bits per heavy atom. The third kappa shape index (κ3) is 6.11. The highest BCUT2D eigenvalue weighted by Crippen LogP contribution is 2.31. The highest BCUT2D eigenvalue weighted by atomic mass is 32.2. The third-order valence-electron chi connectivity index (χ3n) is 4.91. The van der Waals surface area contributed by atoms with Crippen molar-refractivity contribution in [3.8, 4) is 17.1 Å². The van der Waals surface area contributed by atoms with Crippen LogP contribution < -0.4 is 10.1 Å². The molecule has 3 rings (SSSR count). The molecule has 188 valence electrons. The number of ether oxygens (including phenoxy) is 3. The van der Waals surface area contributed by atoms with Crippen LogP contribution in [0.5, 0.6) is 5.75 Å². The van der Waals surface area contributed by atoms with Crippen LogP contribution in [0.3, 0.4) is 0 Å². The van der Waals surface area contributed by atoms with E-state index in [2.05, 4.69) is 22.1 Å². The number of hydrogen-bond donors (Lipinski definition) is 1. The molecule has 0 aliphatic rings. The molecule has 0 atom stereocenters. The fourth-order valence-corrected chi connectivity index (χ4v) is 4.07. The van der Waals surface area contributed by atoms with Crippen LogP contribution in [0, 0.1) is 0 Å². The van der Waals surface area contributed by atoms with Crippen molar-refractivity contribution in [2.75, 3.05) is 31.9 Å². The zero-order chi connectivity index (χ0) is 26.1. The molecule has 0 radical (unpaired) electrons. The van der Waals surface area contributed by atoms with Gasteiger partial charge in [0.25, 0.3) is 0 Å². The predicted octanol–water partition coefficient (Wildman–Crippen LogP) is 3.83. The molecule has 0 aliphatic carbocycles. The van der Waals surface area contributed by atoms with Crippen LogP contribution >= 0.6 is 11.8 Å². The van der Waals surface area contributed by atoms with Crippen LogP contribution in [0.25, 0.3) is 11.4 Å². The number of aromatic nitrogens is 3. The van der Waals surface area contributed by atoms with Crippen LogP contribution in [0.1, 0.15) is 27.6 Å². The lowest BCUT2D eigenvalue weighted by molar-refractivity contribution is -0.113. The van der Waals surface area contributed by atoms with Gasteiger partial charge in [0.15, 0.2) is 11.0 Å². The number of anilines is 1. The maximum Gasteiger partial charge on any atom is 0.339 e. The molecular weight excluding hydrogens is 484 g/mol. The molecule has 1 N–H and O–H groups in total. The van der Waals surface area contributed by atoms with E-state index >= 15 is 0 Å². The Balaban J connectivity index is 1.82. The van der Waals surface area contributed by atoms with Gasteiger partial charge in [0.1, 0.15) is 5.75 Å². The molecule has 0 saturated carbocycles. The maximum absolute atomic E-state index is 12.8. The van der Waals surface area contributed by atoms with Gasteiger partial charge in [0.2, 0.25) is 5.91 Å². The Morgan fingerprint density at radius 1 is 1.08 bits per heavy atom. The number of carbonyl (C=O) groups is 3. The Hall–Kier alpha value is -4.12. The predicted molar refractivity (Wildman–Crippen MR) is 135 cm³/mol. The molecule has 1 heterocycles. The SMILES string of the molecule is C=CCn1c(SCC(=O)Nc2cc(C(=O)OC)ccc2C(=O)OC)nnc1-c1ccccc1OCC. The molecule has 1 amide bonds. The second-order valence-corrected chi connectivity index (χ2v) is 8.16. The third-order valence-corrected chi connectivity index (χ3v) is 5.88. The van der Waals surface area contributed by atoms with Crippen LogP contribution in [-0.2, 0) is 20.8 Å². The Bertz CT molecular complexity index is 1270. The lowest BCUT2D eigenvalue weighted by Crippen LogP contribution is -2.18. The van der Waals surface area contributed by atoms with E-state index in [9.17, 15) is 14.4 Å². The summed E-state index contributed by atoms with van der Waals surface area (Å²) in [6, 6.07) is 11.7. The minimum atomic E-state index is -0.655. The molecule has 3 aromatic rings. The summed E-state index contributed by atoms with van der Waals surface area (Å²) in [5, 5.41) is 11.7. The van der Waals surface area contributed by atoms with Gasteiger partial charge >= 0.3 is 11.9 Å². The number of thioether (sulfide) groups is 1. The normalized spacial score (nSPS) is 10.4. The molecule has 11 heteroatoms. The highest BCUT2D eigenvalue weighted by Gasteiger charge is 2.20. The van der Waals surface area contributed by atoms with Gasteiger partial charge in [-0.2, -0.15) is 0 Å². The van der Waals surface area contributed by atoms with Gasteiger partial charge in [0, 0.05) is 6.54 Å². The molecule has 0 spiro atoms. The van der Waals surface area contributed by atoms with Crippen molar-refractivity contribution in [2.45, 2.75) is 18.6 Å². The van der Waals surface area contributed by atoms with Crippen molar-refractivity contribution in [3.05, 3.63) is 66.2 Å². The van der Waals surface area contributed by atoms with Gasteiger partial charge in [-0.15, -0.1) is 16.8 Å². The average Bonchev–Trinajstić information content (AvgIpc) is 3.29. The summed E-state index contributed by atoms with van der Waals surface area (Å²) < 4.78 is 17.1. The number of carbonyl (C=O) groups excluding carboxylic acids is 3. The summed E-state index contributed by atoms with van der Waals surface area (Å²) in [7, 11) is 2.47. The van der Waals surface area contributed by atoms with Crippen molar-refractivity contribution < 1.29 is 28.6 Å². The second kappa shape index (κ2) is 12.5. The molecule has 0 bridgehead atoms. The molecular formula is C25H26N4O6S.